The molecule has 27 heavy (non-hydrogen) atoms. The Kier molecular flexibility index (Phi) is 13.6. The molecule has 0 spiro atoms. The molecule has 0 bridgehead atoms. The SMILES string of the molecule is CCB(CC)/C(CC)=[C](\[Si](C)C)[Sn]([CH3])([CH3])/[C](=C(\CC)B(CC)CC)[Si](C)C. The van der Waals surface area contributed by atoms with E-state index in [-0.39, 0.29) is 0 Å². The topological polar surface area (TPSA) is 0 Å². The molecule has 0 aliphatic rings. The summed E-state index contributed by atoms with van der Waals surface area (Å²) in [6, 6.07) is 0. The second-order valence-corrected chi connectivity index (χ2v) is 29.1. The Morgan fingerprint density at radius 2 is 0.852 bits per heavy atom. The number of rotatable bonds is 12. The minimum atomic E-state index is -2.53. The van der Waals surface area contributed by atoms with Gasteiger partial charge in [0.05, 0.1) is 0 Å². The molecule has 0 aliphatic carbocycles. The summed E-state index contributed by atoms with van der Waals surface area (Å²) >= 11 is -2.53. The quantitative estimate of drug-likeness (QED) is 0.235. The molecule has 0 N–H and O–H groups in total. The second kappa shape index (κ2) is 13.2. The molecule has 154 valence electrons. The standard InChI is InChI=1S/2C10H21BSi.2CH3.Sn/c2*1-6-10(9-12(4)5)11(7-2)8-3;;;/h2*6-8H2,1-5H3;2*1H3;. The fourth-order valence-corrected chi connectivity index (χ4v) is 41.7. The van der Waals surface area contributed by atoms with Gasteiger partial charge in [-0.3, -0.25) is 0 Å². The minimum absolute atomic E-state index is 0.407. The summed E-state index contributed by atoms with van der Waals surface area (Å²) in [5.41, 5.74) is 3.81. The predicted octanol–water partition coefficient (Wildman–Crippen LogP) is 7.92. The summed E-state index contributed by atoms with van der Waals surface area (Å²) < 4.78 is 4.15. The third-order valence-electron chi connectivity index (χ3n) is 6.61. The molecule has 0 rings (SSSR count). The Labute approximate surface area is 181 Å². The van der Waals surface area contributed by atoms with Gasteiger partial charge >= 0.3 is 182 Å². The van der Waals surface area contributed by atoms with Gasteiger partial charge in [-0.05, 0) is 0 Å². The maximum absolute atomic E-state index is 2.80. The van der Waals surface area contributed by atoms with Crippen LogP contribution < -0.4 is 0 Å². The van der Waals surface area contributed by atoms with Crippen LogP contribution in [-0.2, 0) is 0 Å². The molecule has 0 aromatic heterocycles. The van der Waals surface area contributed by atoms with Crippen LogP contribution in [0.15, 0.2) is 17.4 Å². The monoisotopic (exact) mass is 510 g/mol. The third kappa shape index (κ3) is 6.94. The van der Waals surface area contributed by atoms with Crippen molar-refractivity contribution in [1.82, 2.24) is 0 Å². The van der Waals surface area contributed by atoms with Crippen molar-refractivity contribution in [1.29, 1.82) is 0 Å². The summed E-state index contributed by atoms with van der Waals surface area (Å²) in [6.07, 6.45) is 7.86. The van der Waals surface area contributed by atoms with Crippen molar-refractivity contribution in [2.45, 2.75) is 116 Å². The van der Waals surface area contributed by atoms with Crippen LogP contribution in [0.2, 0.25) is 61.3 Å². The van der Waals surface area contributed by atoms with E-state index in [1.807, 2.05) is 10.9 Å². The Bertz CT molecular complexity index is 458. The van der Waals surface area contributed by atoms with Crippen molar-refractivity contribution in [3.8, 4) is 0 Å². The molecule has 0 fully saturated rings. The molecule has 0 aromatic carbocycles. The number of allylic oxidation sites excluding steroid dienone is 2. The van der Waals surface area contributed by atoms with Gasteiger partial charge in [-0.1, -0.05) is 0 Å². The van der Waals surface area contributed by atoms with Crippen molar-refractivity contribution in [3.63, 3.8) is 0 Å². The van der Waals surface area contributed by atoms with Gasteiger partial charge in [0, 0.05) is 0 Å². The first-order chi connectivity index (χ1) is 12.6. The van der Waals surface area contributed by atoms with Crippen LogP contribution in [0.3, 0.4) is 0 Å². The van der Waals surface area contributed by atoms with E-state index in [1.165, 1.54) is 38.1 Å². The van der Waals surface area contributed by atoms with E-state index in [0.717, 1.165) is 13.4 Å². The Balaban J connectivity index is 6.93. The van der Waals surface area contributed by atoms with E-state index < -0.39 is 36.0 Å². The average Bonchev–Trinajstić information content (AvgIpc) is 2.60. The molecular formula is C22H48B2Si2Sn. The van der Waals surface area contributed by atoms with Gasteiger partial charge in [0.1, 0.15) is 0 Å². The summed E-state index contributed by atoms with van der Waals surface area (Å²) in [5, 5.41) is 0. The van der Waals surface area contributed by atoms with E-state index in [1.54, 1.807) is 0 Å². The van der Waals surface area contributed by atoms with Gasteiger partial charge in [-0.15, -0.1) is 0 Å². The van der Waals surface area contributed by atoms with Crippen LogP contribution >= 0.6 is 0 Å². The van der Waals surface area contributed by atoms with Crippen molar-refractivity contribution < 1.29 is 0 Å². The first-order valence-electron chi connectivity index (χ1n) is 11.7. The van der Waals surface area contributed by atoms with Crippen molar-refractivity contribution in [2.75, 3.05) is 0 Å². The molecule has 2 radical (unpaired) electrons. The summed E-state index contributed by atoms with van der Waals surface area (Å²) in [5.74, 6) is 0. The van der Waals surface area contributed by atoms with E-state index in [4.69, 9.17) is 0 Å². The van der Waals surface area contributed by atoms with E-state index in [0.29, 0.717) is 0 Å². The first-order valence-corrected chi connectivity index (χ1v) is 25.2. The normalized spacial score (nSPS) is 14.4. The van der Waals surface area contributed by atoms with Crippen LogP contribution in [0.4, 0.5) is 0 Å². The van der Waals surface area contributed by atoms with Crippen molar-refractivity contribution >= 4 is 49.4 Å². The molecule has 0 unspecified atom stereocenters. The zero-order chi connectivity index (χ0) is 21.4. The maximum atomic E-state index is 2.80. The van der Waals surface area contributed by atoms with Crippen LogP contribution in [-0.4, -0.2) is 49.4 Å². The fraction of sp³-hybridized carbons (Fsp3) is 0.818. The molecule has 0 saturated carbocycles. The van der Waals surface area contributed by atoms with Crippen LogP contribution in [0.1, 0.15) is 54.4 Å². The third-order valence-corrected chi connectivity index (χ3v) is 35.2. The molecule has 0 aliphatic heterocycles. The van der Waals surface area contributed by atoms with E-state index >= 15 is 0 Å². The molecule has 0 amide bonds. The van der Waals surface area contributed by atoms with Crippen LogP contribution in [0.25, 0.3) is 0 Å². The van der Waals surface area contributed by atoms with E-state index in [9.17, 15) is 0 Å². The summed E-state index contributed by atoms with van der Waals surface area (Å²) in [4.78, 5) is 5.59. The van der Waals surface area contributed by atoms with Crippen molar-refractivity contribution in [2.24, 2.45) is 0 Å². The Morgan fingerprint density at radius 1 is 0.593 bits per heavy atom. The fourth-order valence-electron chi connectivity index (χ4n) is 5.72. The Morgan fingerprint density at radius 3 is 1.00 bits per heavy atom. The average molecular weight is 509 g/mol. The molecule has 0 aromatic rings. The van der Waals surface area contributed by atoms with Gasteiger partial charge < -0.3 is 0 Å². The molecule has 5 heteroatoms. The van der Waals surface area contributed by atoms with Gasteiger partial charge in [-0.2, -0.15) is 0 Å². The zero-order valence-corrected chi connectivity index (χ0v) is 25.8. The van der Waals surface area contributed by atoms with Gasteiger partial charge in [0.2, 0.25) is 0 Å². The molecule has 0 saturated heterocycles. The van der Waals surface area contributed by atoms with Crippen LogP contribution in [0.5, 0.6) is 0 Å². The second-order valence-electron chi connectivity index (χ2n) is 9.16. The first kappa shape index (κ1) is 27.8. The van der Waals surface area contributed by atoms with E-state index in [2.05, 4.69) is 84.0 Å². The van der Waals surface area contributed by atoms with Crippen LogP contribution in [0, 0.1) is 0 Å². The van der Waals surface area contributed by atoms with Gasteiger partial charge in [0.25, 0.3) is 0 Å². The molecule has 0 heterocycles. The molecular weight excluding hydrogens is 461 g/mol. The predicted molar refractivity (Wildman–Crippen MR) is 141 cm³/mol. The molecule has 0 atom stereocenters. The summed E-state index contributed by atoms with van der Waals surface area (Å²) in [7, 11) is -0.814. The molecule has 0 nitrogen and oxygen atoms in total. The number of hydrogen-bond donors (Lipinski definition) is 0. The van der Waals surface area contributed by atoms with Crippen molar-refractivity contribution in [3.05, 3.63) is 17.4 Å². The zero-order valence-electron chi connectivity index (χ0n) is 20.9. The summed E-state index contributed by atoms with van der Waals surface area (Å²) in [6.45, 7) is 26.5. The van der Waals surface area contributed by atoms with Gasteiger partial charge in [0.15, 0.2) is 0 Å². The van der Waals surface area contributed by atoms with Gasteiger partial charge in [-0.25, -0.2) is 0 Å². The Hall–Kier alpha value is 0.842. The number of hydrogen-bond acceptors (Lipinski definition) is 0.